The van der Waals surface area contributed by atoms with E-state index >= 15 is 0 Å². The Kier molecular flexibility index (Phi) is 8.32. The maximum Gasteiger partial charge on any atom is 0.143 e. The molecule has 2 heteroatoms. The van der Waals surface area contributed by atoms with Crippen LogP contribution in [0.3, 0.4) is 0 Å². The lowest BCUT2D eigenvalue weighted by atomic mass is 9.85. The van der Waals surface area contributed by atoms with E-state index in [1.54, 1.807) is 0 Å². The number of furan rings is 2. The van der Waals surface area contributed by atoms with Gasteiger partial charge in [0, 0.05) is 33.0 Å². The monoisotopic (exact) mass is 750 g/mol. The molecule has 0 atom stereocenters. The number of hydrogen-bond donors (Lipinski definition) is 0. The summed E-state index contributed by atoms with van der Waals surface area (Å²) >= 11 is 0. The Morgan fingerprint density at radius 1 is 0.328 bits per heavy atom. The molecular weight excluding hydrogens is 705 g/mol. The van der Waals surface area contributed by atoms with Gasteiger partial charge in [-0.15, -0.1) is 0 Å². The lowest BCUT2D eigenvalue weighted by Crippen LogP contribution is -2.10. The molecular formula is C56H46O2. The van der Waals surface area contributed by atoms with E-state index in [2.05, 4.69) is 211 Å². The second kappa shape index (κ2) is 13.5. The van der Waals surface area contributed by atoms with Crippen LogP contribution < -0.4 is 0 Å². The molecule has 0 N–H and O–H groups in total. The average molecular weight is 751 g/mol. The molecule has 0 amide bonds. The van der Waals surface area contributed by atoms with Crippen LogP contribution in [-0.4, -0.2) is 0 Å². The third kappa shape index (κ3) is 6.21. The van der Waals surface area contributed by atoms with E-state index in [0.717, 1.165) is 66.8 Å². The van der Waals surface area contributed by atoms with Crippen LogP contribution in [0.2, 0.25) is 0 Å². The molecule has 0 aliphatic heterocycles. The van der Waals surface area contributed by atoms with Crippen molar-refractivity contribution in [2.24, 2.45) is 0 Å². The van der Waals surface area contributed by atoms with Gasteiger partial charge in [-0.2, -0.15) is 0 Å². The summed E-state index contributed by atoms with van der Waals surface area (Å²) in [5.41, 5.74) is 13.2. The minimum atomic E-state index is 0.0399. The molecule has 0 aliphatic carbocycles. The molecule has 282 valence electrons. The summed E-state index contributed by atoms with van der Waals surface area (Å²) in [7, 11) is 0. The summed E-state index contributed by atoms with van der Waals surface area (Å²) in [5.74, 6) is 1.71. The van der Waals surface area contributed by atoms with Gasteiger partial charge in [0.2, 0.25) is 0 Å². The summed E-state index contributed by atoms with van der Waals surface area (Å²) in [4.78, 5) is 0. The standard InChI is InChI=1S/C56H46O2/c1-55(2,3)43-28-24-38(25-29-43)51-47-33-50-48(34-49(47)57-53(51)40-21-19-37(20-22-40)46-17-11-15-36-13-9-10-16-45(36)46)52(39-26-30-44(31-27-39)56(4,5)6)54(58-50)42-23-18-35-12-7-8-14-41(35)32-42/h7-34H,1-6H3. The van der Waals surface area contributed by atoms with Gasteiger partial charge in [-0.05, 0) is 84.0 Å². The van der Waals surface area contributed by atoms with Gasteiger partial charge in [0.1, 0.15) is 22.7 Å². The zero-order valence-corrected chi connectivity index (χ0v) is 34.0. The van der Waals surface area contributed by atoms with Gasteiger partial charge >= 0.3 is 0 Å². The highest BCUT2D eigenvalue weighted by Crippen LogP contribution is 2.48. The molecule has 0 spiro atoms. The highest BCUT2D eigenvalue weighted by Gasteiger charge is 2.25. The van der Waals surface area contributed by atoms with Crippen LogP contribution >= 0.6 is 0 Å². The minimum absolute atomic E-state index is 0.0399. The molecule has 2 nitrogen and oxygen atoms in total. The van der Waals surface area contributed by atoms with Crippen molar-refractivity contribution in [2.45, 2.75) is 52.4 Å². The maximum atomic E-state index is 7.05. The molecule has 0 unspecified atom stereocenters. The summed E-state index contributed by atoms with van der Waals surface area (Å²) in [5, 5.41) is 6.92. The topological polar surface area (TPSA) is 26.3 Å². The molecule has 2 aromatic heterocycles. The van der Waals surface area contributed by atoms with Crippen LogP contribution in [-0.2, 0) is 10.8 Å². The van der Waals surface area contributed by atoms with Gasteiger partial charge in [0.05, 0.1) is 0 Å². The highest BCUT2D eigenvalue weighted by atomic mass is 16.3. The summed E-state index contributed by atoms with van der Waals surface area (Å²) in [6.45, 7) is 13.5. The largest absolute Gasteiger partial charge is 0.455 e. The van der Waals surface area contributed by atoms with Gasteiger partial charge in [0.15, 0.2) is 0 Å². The predicted octanol–water partition coefficient (Wildman–Crippen LogP) is 16.4. The molecule has 58 heavy (non-hydrogen) atoms. The Morgan fingerprint density at radius 2 is 0.776 bits per heavy atom. The van der Waals surface area contributed by atoms with Crippen molar-refractivity contribution >= 4 is 43.5 Å². The van der Waals surface area contributed by atoms with Crippen LogP contribution in [0, 0.1) is 0 Å². The van der Waals surface area contributed by atoms with Crippen LogP contribution in [0.5, 0.6) is 0 Å². The summed E-state index contributed by atoms with van der Waals surface area (Å²) in [6.07, 6.45) is 0. The minimum Gasteiger partial charge on any atom is -0.455 e. The van der Waals surface area contributed by atoms with E-state index in [-0.39, 0.29) is 10.8 Å². The highest BCUT2D eigenvalue weighted by molar-refractivity contribution is 6.12. The number of rotatable bonds is 5. The molecule has 2 heterocycles. The van der Waals surface area contributed by atoms with Crippen LogP contribution in [0.15, 0.2) is 179 Å². The van der Waals surface area contributed by atoms with E-state index in [0.29, 0.717) is 0 Å². The third-order valence-corrected chi connectivity index (χ3v) is 11.8. The van der Waals surface area contributed by atoms with Gasteiger partial charge in [0.25, 0.3) is 0 Å². The van der Waals surface area contributed by atoms with Crippen molar-refractivity contribution < 1.29 is 8.83 Å². The first-order valence-corrected chi connectivity index (χ1v) is 20.3. The smallest absolute Gasteiger partial charge is 0.143 e. The van der Waals surface area contributed by atoms with Crippen molar-refractivity contribution in [3.8, 4) is 56.0 Å². The van der Waals surface area contributed by atoms with Crippen molar-refractivity contribution in [1.82, 2.24) is 0 Å². The van der Waals surface area contributed by atoms with Crippen molar-refractivity contribution in [3.05, 3.63) is 181 Å². The molecule has 0 radical (unpaired) electrons. The maximum absolute atomic E-state index is 7.05. The Morgan fingerprint density at radius 3 is 1.34 bits per heavy atom. The normalized spacial score (nSPS) is 12.3. The second-order valence-electron chi connectivity index (χ2n) is 17.8. The number of benzene rings is 8. The zero-order valence-electron chi connectivity index (χ0n) is 34.0. The lowest BCUT2D eigenvalue weighted by Gasteiger charge is -2.19. The molecule has 10 rings (SSSR count). The first-order chi connectivity index (χ1) is 28.0. The summed E-state index contributed by atoms with van der Waals surface area (Å²) in [6, 6.07) is 61.4. The predicted molar refractivity (Wildman–Crippen MR) is 246 cm³/mol. The lowest BCUT2D eigenvalue weighted by molar-refractivity contribution is 0.590. The molecule has 0 saturated carbocycles. The fraction of sp³-hybridized carbons (Fsp3) is 0.143. The van der Waals surface area contributed by atoms with Crippen molar-refractivity contribution in [1.29, 1.82) is 0 Å². The first-order valence-electron chi connectivity index (χ1n) is 20.3. The first kappa shape index (κ1) is 35.8. The van der Waals surface area contributed by atoms with Gasteiger partial charge < -0.3 is 8.83 Å². The zero-order chi connectivity index (χ0) is 39.8. The SMILES string of the molecule is CC(C)(C)c1ccc(-c2c(-c3ccc(-c4cccc5ccccc45)cc3)oc3cc4c(-c5ccc(C(C)(C)C)cc5)c(-c5ccc6ccccc6c5)oc4cc23)cc1. The van der Waals surface area contributed by atoms with Crippen molar-refractivity contribution in [2.75, 3.05) is 0 Å². The Bertz CT molecular complexity index is 3130. The van der Waals surface area contributed by atoms with E-state index in [4.69, 9.17) is 8.83 Å². The van der Waals surface area contributed by atoms with Crippen molar-refractivity contribution in [3.63, 3.8) is 0 Å². The van der Waals surface area contributed by atoms with Gasteiger partial charge in [-0.25, -0.2) is 0 Å². The van der Waals surface area contributed by atoms with E-state index in [1.165, 1.54) is 43.8 Å². The van der Waals surface area contributed by atoms with Crippen LogP contribution in [0.25, 0.3) is 99.5 Å². The third-order valence-electron chi connectivity index (χ3n) is 11.8. The average Bonchev–Trinajstić information content (AvgIpc) is 3.80. The quantitative estimate of drug-likeness (QED) is 0.175. The van der Waals surface area contributed by atoms with E-state index in [1.807, 2.05) is 0 Å². The van der Waals surface area contributed by atoms with E-state index < -0.39 is 0 Å². The molecule has 0 bridgehead atoms. The molecule has 8 aromatic carbocycles. The van der Waals surface area contributed by atoms with Crippen LogP contribution in [0.4, 0.5) is 0 Å². The Labute approximate surface area is 340 Å². The van der Waals surface area contributed by atoms with Crippen LogP contribution in [0.1, 0.15) is 52.7 Å². The number of hydrogen-bond acceptors (Lipinski definition) is 2. The van der Waals surface area contributed by atoms with Gasteiger partial charge in [-0.3, -0.25) is 0 Å². The molecule has 0 aliphatic rings. The Balaban J connectivity index is 1.19. The van der Waals surface area contributed by atoms with Gasteiger partial charge in [-0.1, -0.05) is 193 Å². The fourth-order valence-electron chi connectivity index (χ4n) is 8.55. The summed E-state index contributed by atoms with van der Waals surface area (Å²) < 4.78 is 14.1. The van der Waals surface area contributed by atoms with E-state index in [9.17, 15) is 0 Å². The Hall–Kier alpha value is -6.64. The number of fused-ring (bicyclic) bond motifs is 4. The molecule has 0 fully saturated rings. The fourth-order valence-corrected chi connectivity index (χ4v) is 8.55. The molecule has 10 aromatic rings. The molecule has 0 saturated heterocycles. The second-order valence-corrected chi connectivity index (χ2v) is 17.8.